The number of ether oxygens (including phenoxy) is 1. The van der Waals surface area contributed by atoms with Gasteiger partial charge < -0.3 is 4.74 Å². The Labute approximate surface area is 122 Å². The summed E-state index contributed by atoms with van der Waals surface area (Å²) in [4.78, 5) is 11.6. The smallest absolute Gasteiger partial charge is 0.339 e. The minimum Gasteiger partial charge on any atom is -0.465 e. The molecule has 0 saturated heterocycles. The number of rotatable bonds is 2. The highest BCUT2D eigenvalue weighted by atomic mass is 16.5. The van der Waals surface area contributed by atoms with Gasteiger partial charge in [0.2, 0.25) is 0 Å². The van der Waals surface area contributed by atoms with Gasteiger partial charge in [-0.1, -0.05) is 12.1 Å². The minimum absolute atomic E-state index is 0.378. The summed E-state index contributed by atoms with van der Waals surface area (Å²) < 4.78 is 6.55. The van der Waals surface area contributed by atoms with Crippen molar-refractivity contribution < 1.29 is 9.53 Å². The molecule has 5 nitrogen and oxygen atoms in total. The van der Waals surface area contributed by atoms with E-state index in [-0.39, 0.29) is 5.97 Å². The maximum Gasteiger partial charge on any atom is 0.339 e. The third kappa shape index (κ3) is 2.27. The van der Waals surface area contributed by atoms with Crippen LogP contribution in [0.2, 0.25) is 0 Å². The van der Waals surface area contributed by atoms with Gasteiger partial charge in [-0.2, -0.15) is 0 Å². The fourth-order valence-corrected chi connectivity index (χ4v) is 2.21. The molecule has 5 heteroatoms. The average Bonchev–Trinajstić information content (AvgIpc) is 2.92. The predicted molar refractivity (Wildman–Crippen MR) is 79.2 cm³/mol. The van der Waals surface area contributed by atoms with Crippen molar-refractivity contribution in [2.45, 2.75) is 13.8 Å². The monoisotopic (exact) mass is 281 g/mol. The van der Waals surface area contributed by atoms with Gasteiger partial charge in [0.05, 0.1) is 12.7 Å². The molecular formula is C16H15N3O2. The van der Waals surface area contributed by atoms with Crippen molar-refractivity contribution in [2.24, 2.45) is 0 Å². The lowest BCUT2D eigenvalue weighted by Gasteiger charge is -2.05. The Morgan fingerprint density at radius 2 is 1.90 bits per heavy atom. The third-order valence-corrected chi connectivity index (χ3v) is 3.59. The summed E-state index contributed by atoms with van der Waals surface area (Å²) in [6.07, 6.45) is 1.70. The van der Waals surface area contributed by atoms with E-state index in [1.54, 1.807) is 22.7 Å². The highest BCUT2D eigenvalue weighted by Gasteiger charge is 2.12. The lowest BCUT2D eigenvalue weighted by molar-refractivity contribution is 0.0600. The SMILES string of the molecule is COC(=O)c1ccc2nnc(-c3ccc(C)c(C)c3)n2c1. The molecule has 0 spiro atoms. The van der Waals surface area contributed by atoms with Crippen molar-refractivity contribution >= 4 is 11.6 Å². The van der Waals surface area contributed by atoms with Gasteiger partial charge in [0.25, 0.3) is 0 Å². The minimum atomic E-state index is -0.378. The Hall–Kier alpha value is -2.69. The van der Waals surface area contributed by atoms with Crippen molar-refractivity contribution in [1.29, 1.82) is 0 Å². The maximum atomic E-state index is 11.6. The molecule has 3 rings (SSSR count). The van der Waals surface area contributed by atoms with Gasteiger partial charge in [-0.3, -0.25) is 4.40 Å². The van der Waals surface area contributed by atoms with Crippen LogP contribution in [0, 0.1) is 13.8 Å². The molecule has 0 aliphatic carbocycles. The number of benzene rings is 1. The zero-order chi connectivity index (χ0) is 15.0. The first-order chi connectivity index (χ1) is 10.1. The number of nitrogens with zero attached hydrogens (tertiary/aromatic N) is 3. The summed E-state index contributed by atoms with van der Waals surface area (Å²) >= 11 is 0. The van der Waals surface area contributed by atoms with Crippen LogP contribution in [0.25, 0.3) is 17.0 Å². The zero-order valence-corrected chi connectivity index (χ0v) is 12.1. The number of hydrogen-bond acceptors (Lipinski definition) is 4. The number of carbonyl (C=O) groups excluding carboxylic acids is 1. The van der Waals surface area contributed by atoms with Crippen LogP contribution in [0.3, 0.4) is 0 Å². The van der Waals surface area contributed by atoms with Gasteiger partial charge in [-0.25, -0.2) is 4.79 Å². The van der Waals surface area contributed by atoms with Crippen molar-refractivity contribution in [3.8, 4) is 11.4 Å². The lowest BCUT2D eigenvalue weighted by Crippen LogP contribution is -2.03. The van der Waals surface area contributed by atoms with Crippen LogP contribution in [-0.2, 0) is 4.74 Å². The second-order valence-electron chi connectivity index (χ2n) is 4.96. The number of methoxy groups -OCH3 is 1. The summed E-state index contributed by atoms with van der Waals surface area (Å²) in [7, 11) is 1.36. The molecule has 0 fully saturated rings. The molecule has 1 aromatic carbocycles. The zero-order valence-electron chi connectivity index (χ0n) is 12.1. The van der Waals surface area contributed by atoms with Gasteiger partial charge in [0, 0.05) is 11.8 Å². The lowest BCUT2D eigenvalue weighted by atomic mass is 10.1. The number of fused-ring (bicyclic) bond motifs is 1. The topological polar surface area (TPSA) is 56.5 Å². The first kappa shape index (κ1) is 13.3. The first-order valence-corrected chi connectivity index (χ1v) is 6.61. The van der Waals surface area contributed by atoms with E-state index in [0.717, 1.165) is 5.56 Å². The summed E-state index contributed by atoms with van der Waals surface area (Å²) in [5, 5.41) is 8.36. The highest BCUT2D eigenvalue weighted by molar-refractivity contribution is 5.89. The molecule has 0 atom stereocenters. The Bertz CT molecular complexity index is 837. The maximum absolute atomic E-state index is 11.6. The van der Waals surface area contributed by atoms with Crippen LogP contribution in [0.5, 0.6) is 0 Å². The van der Waals surface area contributed by atoms with E-state index in [2.05, 4.69) is 36.2 Å². The number of aromatic nitrogens is 3. The molecule has 2 heterocycles. The normalized spacial score (nSPS) is 10.8. The van der Waals surface area contributed by atoms with Gasteiger partial charge in [-0.05, 0) is 43.2 Å². The first-order valence-electron chi connectivity index (χ1n) is 6.61. The van der Waals surface area contributed by atoms with E-state index < -0.39 is 0 Å². The van der Waals surface area contributed by atoms with E-state index in [4.69, 9.17) is 4.74 Å². The van der Waals surface area contributed by atoms with E-state index in [1.807, 2.05) is 6.07 Å². The quantitative estimate of drug-likeness (QED) is 0.678. The van der Waals surface area contributed by atoms with Crippen LogP contribution >= 0.6 is 0 Å². The van der Waals surface area contributed by atoms with Crippen LogP contribution in [0.4, 0.5) is 0 Å². The Balaban J connectivity index is 2.18. The summed E-state index contributed by atoms with van der Waals surface area (Å²) in [5.74, 6) is 0.329. The van der Waals surface area contributed by atoms with Crippen LogP contribution in [0.1, 0.15) is 21.5 Å². The van der Waals surface area contributed by atoms with Crippen molar-refractivity contribution in [3.05, 3.63) is 53.2 Å². The van der Waals surface area contributed by atoms with E-state index in [9.17, 15) is 4.79 Å². The number of carbonyl (C=O) groups is 1. The van der Waals surface area contributed by atoms with Gasteiger partial charge in [0.1, 0.15) is 0 Å². The summed E-state index contributed by atoms with van der Waals surface area (Å²) in [6, 6.07) is 9.56. The van der Waals surface area contributed by atoms with E-state index >= 15 is 0 Å². The number of pyridine rings is 1. The van der Waals surface area contributed by atoms with Gasteiger partial charge in [-0.15, -0.1) is 10.2 Å². The van der Waals surface area contributed by atoms with E-state index in [0.29, 0.717) is 17.0 Å². The van der Waals surface area contributed by atoms with Crippen molar-refractivity contribution in [3.63, 3.8) is 0 Å². The van der Waals surface area contributed by atoms with Gasteiger partial charge >= 0.3 is 5.97 Å². The Morgan fingerprint density at radius 3 is 2.62 bits per heavy atom. The molecule has 0 amide bonds. The fraction of sp³-hybridized carbons (Fsp3) is 0.188. The van der Waals surface area contributed by atoms with E-state index in [1.165, 1.54) is 18.2 Å². The van der Waals surface area contributed by atoms with Crippen LogP contribution in [0.15, 0.2) is 36.5 Å². The molecule has 2 aromatic heterocycles. The Morgan fingerprint density at radius 1 is 1.10 bits per heavy atom. The summed E-state index contributed by atoms with van der Waals surface area (Å²) in [6.45, 7) is 4.12. The molecule has 3 aromatic rings. The molecule has 21 heavy (non-hydrogen) atoms. The molecule has 0 aliphatic heterocycles. The molecule has 0 unspecified atom stereocenters. The molecule has 106 valence electrons. The number of hydrogen-bond donors (Lipinski definition) is 0. The molecular weight excluding hydrogens is 266 g/mol. The van der Waals surface area contributed by atoms with Crippen molar-refractivity contribution in [1.82, 2.24) is 14.6 Å². The molecule has 0 radical (unpaired) electrons. The van der Waals surface area contributed by atoms with Gasteiger partial charge in [0.15, 0.2) is 11.5 Å². The third-order valence-electron chi connectivity index (χ3n) is 3.59. The molecule has 0 bridgehead atoms. The second-order valence-corrected chi connectivity index (χ2v) is 4.96. The largest absolute Gasteiger partial charge is 0.465 e. The van der Waals surface area contributed by atoms with Crippen LogP contribution in [-0.4, -0.2) is 27.7 Å². The fourth-order valence-electron chi connectivity index (χ4n) is 2.21. The highest BCUT2D eigenvalue weighted by Crippen LogP contribution is 2.21. The summed E-state index contributed by atoms with van der Waals surface area (Å²) in [5.41, 5.74) is 4.54. The second kappa shape index (κ2) is 5.01. The Kier molecular flexibility index (Phi) is 3.17. The average molecular weight is 281 g/mol. The van der Waals surface area contributed by atoms with Crippen LogP contribution < -0.4 is 0 Å². The molecule has 0 N–H and O–H groups in total. The standard InChI is InChI=1S/C16H15N3O2/c1-10-4-5-12(8-11(10)2)15-18-17-14-7-6-13(9-19(14)15)16(20)21-3/h4-9H,1-3H3. The predicted octanol–water partition coefficient (Wildman–Crippen LogP) is 2.80. The number of aryl methyl sites for hydroxylation is 2. The molecule has 0 aliphatic rings. The van der Waals surface area contributed by atoms with Crippen molar-refractivity contribution in [2.75, 3.05) is 7.11 Å². The number of esters is 1. The molecule has 0 saturated carbocycles.